The predicted octanol–water partition coefficient (Wildman–Crippen LogP) is 3.11. The minimum Gasteiger partial charge on any atom is -0.347 e. The van der Waals surface area contributed by atoms with Crippen LogP contribution in [0.1, 0.15) is 37.2 Å². The lowest BCUT2D eigenvalue weighted by Crippen LogP contribution is -2.39. The van der Waals surface area contributed by atoms with Gasteiger partial charge in [-0.05, 0) is 36.5 Å². The van der Waals surface area contributed by atoms with Crippen molar-refractivity contribution < 1.29 is 9.59 Å². The molecular formula is C20H23N3O2. The molecule has 0 unspecified atom stereocenters. The number of hydrogen-bond donors (Lipinski definition) is 2. The summed E-state index contributed by atoms with van der Waals surface area (Å²) < 4.78 is 0. The average Bonchev–Trinajstić information content (AvgIpc) is 2.67. The Morgan fingerprint density at radius 2 is 1.84 bits per heavy atom. The number of amides is 2. The van der Waals surface area contributed by atoms with Gasteiger partial charge in [0.2, 0.25) is 11.8 Å². The highest BCUT2D eigenvalue weighted by molar-refractivity contribution is 5.94. The van der Waals surface area contributed by atoms with E-state index in [0.29, 0.717) is 5.69 Å². The number of benzene rings is 1. The molecule has 5 nitrogen and oxygen atoms in total. The summed E-state index contributed by atoms with van der Waals surface area (Å²) in [5.74, 6) is -0.109. The summed E-state index contributed by atoms with van der Waals surface area (Å²) in [5.41, 5.74) is 1.84. The minimum absolute atomic E-state index is 0.0221. The third kappa shape index (κ3) is 4.66. The number of carbonyl (C=O) groups is 2. The monoisotopic (exact) mass is 337 g/mol. The molecule has 0 spiro atoms. The van der Waals surface area contributed by atoms with Crippen molar-refractivity contribution in [2.45, 2.75) is 31.6 Å². The highest BCUT2D eigenvalue weighted by atomic mass is 16.2. The van der Waals surface area contributed by atoms with Crippen molar-refractivity contribution in [1.82, 2.24) is 10.3 Å². The Morgan fingerprint density at radius 3 is 2.60 bits per heavy atom. The van der Waals surface area contributed by atoms with Crippen molar-refractivity contribution in [3.63, 3.8) is 0 Å². The highest BCUT2D eigenvalue weighted by Gasteiger charge is 2.31. The second-order valence-electron chi connectivity index (χ2n) is 6.42. The van der Waals surface area contributed by atoms with Crippen LogP contribution in [0.15, 0.2) is 54.9 Å². The van der Waals surface area contributed by atoms with E-state index in [4.69, 9.17) is 0 Å². The zero-order chi connectivity index (χ0) is 17.5. The Bertz CT molecular complexity index is 703. The molecule has 1 aliphatic rings. The first-order valence-corrected chi connectivity index (χ1v) is 8.76. The summed E-state index contributed by atoms with van der Waals surface area (Å²) in [5, 5.41) is 5.53. The standard InChI is InChI=1S/C20H23N3O2/c24-19(23-16-9-6-12-21-13-16)14-22-20(25)18-11-5-4-10-17(18)15-7-2-1-3-8-15/h1-3,6-9,12-13,17-18H,4-5,10-11,14H2,(H,22,25)(H,23,24)/t17-,18-/m1/s1. The summed E-state index contributed by atoms with van der Waals surface area (Å²) in [6.45, 7) is -0.0221. The Labute approximate surface area is 147 Å². The Balaban J connectivity index is 1.56. The van der Waals surface area contributed by atoms with E-state index in [1.165, 1.54) is 5.56 Å². The molecule has 3 rings (SSSR count). The number of aromatic nitrogens is 1. The molecule has 0 aliphatic heterocycles. The van der Waals surface area contributed by atoms with Crippen LogP contribution in [0, 0.1) is 5.92 Å². The molecule has 5 heteroatoms. The Kier molecular flexibility index (Phi) is 5.77. The van der Waals surface area contributed by atoms with Crippen LogP contribution >= 0.6 is 0 Å². The first-order valence-electron chi connectivity index (χ1n) is 8.76. The molecular weight excluding hydrogens is 314 g/mol. The van der Waals surface area contributed by atoms with Crippen molar-refractivity contribution >= 4 is 17.5 Å². The van der Waals surface area contributed by atoms with Gasteiger partial charge in [0.25, 0.3) is 0 Å². The van der Waals surface area contributed by atoms with Crippen LogP contribution in [-0.4, -0.2) is 23.3 Å². The largest absolute Gasteiger partial charge is 0.347 e. The first-order chi connectivity index (χ1) is 12.2. The molecule has 0 saturated heterocycles. The van der Waals surface area contributed by atoms with Crippen LogP contribution < -0.4 is 10.6 Å². The SMILES string of the molecule is O=C(CNC(=O)[C@@H]1CCCC[C@@H]1c1ccccc1)Nc1cccnc1. The molecule has 130 valence electrons. The summed E-state index contributed by atoms with van der Waals surface area (Å²) in [7, 11) is 0. The van der Waals surface area contributed by atoms with Crippen LogP contribution in [0.25, 0.3) is 0 Å². The number of carbonyl (C=O) groups excluding carboxylic acids is 2. The van der Waals surface area contributed by atoms with Gasteiger partial charge in [0.15, 0.2) is 0 Å². The normalized spacial score (nSPS) is 19.8. The molecule has 2 N–H and O–H groups in total. The lowest BCUT2D eigenvalue weighted by molar-refractivity contribution is -0.128. The van der Waals surface area contributed by atoms with E-state index in [-0.39, 0.29) is 30.2 Å². The summed E-state index contributed by atoms with van der Waals surface area (Å²) >= 11 is 0. The molecule has 1 aromatic carbocycles. The van der Waals surface area contributed by atoms with Crippen LogP contribution in [0.2, 0.25) is 0 Å². The summed E-state index contributed by atoms with van der Waals surface area (Å²) in [6.07, 6.45) is 7.31. The van der Waals surface area contributed by atoms with E-state index in [1.54, 1.807) is 24.5 Å². The third-order valence-corrected chi connectivity index (χ3v) is 4.70. The van der Waals surface area contributed by atoms with Crippen LogP contribution in [0.3, 0.4) is 0 Å². The molecule has 0 bridgehead atoms. The number of nitrogens with zero attached hydrogens (tertiary/aromatic N) is 1. The van der Waals surface area contributed by atoms with Crippen molar-refractivity contribution in [2.75, 3.05) is 11.9 Å². The molecule has 2 amide bonds. The van der Waals surface area contributed by atoms with Gasteiger partial charge in [-0.3, -0.25) is 14.6 Å². The van der Waals surface area contributed by atoms with E-state index in [2.05, 4.69) is 27.8 Å². The van der Waals surface area contributed by atoms with Crippen molar-refractivity contribution in [3.05, 3.63) is 60.4 Å². The van der Waals surface area contributed by atoms with E-state index < -0.39 is 0 Å². The predicted molar refractivity (Wildman–Crippen MR) is 97.0 cm³/mol. The second-order valence-corrected chi connectivity index (χ2v) is 6.42. The number of nitrogens with one attached hydrogen (secondary N) is 2. The molecule has 1 heterocycles. The molecule has 0 radical (unpaired) electrons. The second kappa shape index (κ2) is 8.42. The van der Waals surface area contributed by atoms with Gasteiger partial charge in [-0.25, -0.2) is 0 Å². The van der Waals surface area contributed by atoms with Crippen LogP contribution in [-0.2, 0) is 9.59 Å². The fourth-order valence-corrected chi connectivity index (χ4v) is 3.48. The first kappa shape index (κ1) is 17.1. The van der Waals surface area contributed by atoms with Gasteiger partial charge in [0.1, 0.15) is 0 Å². The number of hydrogen-bond acceptors (Lipinski definition) is 3. The maximum atomic E-state index is 12.6. The smallest absolute Gasteiger partial charge is 0.243 e. The molecule has 2 atom stereocenters. The lowest BCUT2D eigenvalue weighted by Gasteiger charge is -2.31. The zero-order valence-electron chi connectivity index (χ0n) is 14.2. The van der Waals surface area contributed by atoms with E-state index >= 15 is 0 Å². The van der Waals surface area contributed by atoms with Crippen molar-refractivity contribution in [1.29, 1.82) is 0 Å². The molecule has 1 fully saturated rings. The summed E-state index contributed by atoms with van der Waals surface area (Å²) in [4.78, 5) is 28.6. The van der Waals surface area contributed by atoms with Gasteiger partial charge in [-0.15, -0.1) is 0 Å². The molecule has 1 saturated carbocycles. The maximum Gasteiger partial charge on any atom is 0.243 e. The van der Waals surface area contributed by atoms with Crippen molar-refractivity contribution in [3.8, 4) is 0 Å². The van der Waals surface area contributed by atoms with Crippen molar-refractivity contribution in [2.24, 2.45) is 5.92 Å². The van der Waals surface area contributed by atoms with E-state index in [1.807, 2.05) is 18.2 Å². The van der Waals surface area contributed by atoms with E-state index in [0.717, 1.165) is 25.7 Å². The lowest BCUT2D eigenvalue weighted by atomic mass is 9.75. The number of rotatable bonds is 5. The molecule has 1 aromatic heterocycles. The van der Waals surface area contributed by atoms with Gasteiger partial charge in [-0.2, -0.15) is 0 Å². The molecule has 25 heavy (non-hydrogen) atoms. The summed E-state index contributed by atoms with van der Waals surface area (Å²) in [6, 6.07) is 13.7. The van der Waals surface area contributed by atoms with Gasteiger partial charge < -0.3 is 10.6 Å². The Morgan fingerprint density at radius 1 is 1.04 bits per heavy atom. The number of pyridine rings is 1. The third-order valence-electron chi connectivity index (χ3n) is 4.70. The van der Waals surface area contributed by atoms with Gasteiger partial charge in [0.05, 0.1) is 18.4 Å². The van der Waals surface area contributed by atoms with E-state index in [9.17, 15) is 9.59 Å². The Hall–Kier alpha value is -2.69. The average molecular weight is 337 g/mol. The van der Waals surface area contributed by atoms with Gasteiger partial charge in [0, 0.05) is 12.1 Å². The topological polar surface area (TPSA) is 71.1 Å². The quantitative estimate of drug-likeness (QED) is 0.880. The fraction of sp³-hybridized carbons (Fsp3) is 0.350. The van der Waals surface area contributed by atoms with Gasteiger partial charge >= 0.3 is 0 Å². The highest BCUT2D eigenvalue weighted by Crippen LogP contribution is 2.37. The van der Waals surface area contributed by atoms with Crippen LogP contribution in [0.5, 0.6) is 0 Å². The fourth-order valence-electron chi connectivity index (χ4n) is 3.48. The van der Waals surface area contributed by atoms with Crippen LogP contribution in [0.4, 0.5) is 5.69 Å². The number of anilines is 1. The minimum atomic E-state index is -0.242. The maximum absolute atomic E-state index is 12.6. The molecule has 2 aromatic rings. The zero-order valence-corrected chi connectivity index (χ0v) is 14.2. The van der Waals surface area contributed by atoms with Gasteiger partial charge in [-0.1, -0.05) is 43.2 Å². The molecule has 1 aliphatic carbocycles.